The summed E-state index contributed by atoms with van der Waals surface area (Å²) >= 11 is 0. The van der Waals surface area contributed by atoms with Crippen LogP contribution in [0.2, 0.25) is 0 Å². The normalized spacial score (nSPS) is 10.4. The van der Waals surface area contributed by atoms with Gasteiger partial charge in [0, 0.05) is 19.7 Å². The molecule has 1 aromatic rings. The zero-order valence-corrected chi connectivity index (χ0v) is 11.3. The van der Waals surface area contributed by atoms with Crippen LogP contribution in [0.15, 0.2) is 18.2 Å². The Morgan fingerprint density at radius 3 is 2.63 bits per heavy atom. The second-order valence-corrected chi connectivity index (χ2v) is 4.02. The van der Waals surface area contributed by atoms with Crippen LogP contribution in [0.25, 0.3) is 0 Å². The lowest BCUT2D eigenvalue weighted by Gasteiger charge is -2.07. The minimum absolute atomic E-state index is 0.0610. The summed E-state index contributed by atoms with van der Waals surface area (Å²) in [6.45, 7) is 4.15. The molecule has 0 aliphatic heterocycles. The summed E-state index contributed by atoms with van der Waals surface area (Å²) < 4.78 is 10.7. The molecule has 0 aliphatic rings. The molecule has 0 bridgehead atoms. The van der Waals surface area contributed by atoms with Crippen LogP contribution < -0.4 is 5.32 Å². The van der Waals surface area contributed by atoms with Crippen LogP contribution in [0.3, 0.4) is 0 Å². The first-order valence-electron chi connectivity index (χ1n) is 6.29. The van der Waals surface area contributed by atoms with Crippen molar-refractivity contribution < 1.29 is 14.4 Å². The Morgan fingerprint density at radius 1 is 1.26 bits per heavy atom. The van der Waals surface area contributed by atoms with Crippen molar-refractivity contribution in [1.29, 1.82) is 0 Å². The van der Waals surface area contributed by atoms with Gasteiger partial charge in [0.15, 0.2) is 0 Å². The monoisotopic (exact) mass is 268 g/mol. The average molecular weight is 268 g/mol. The topological polar surface area (TPSA) is 73.6 Å². The van der Waals surface area contributed by atoms with Crippen molar-refractivity contribution in [3.63, 3.8) is 0 Å². The zero-order chi connectivity index (χ0) is 14.1. The summed E-state index contributed by atoms with van der Waals surface area (Å²) in [5.74, 6) is 0. The molecule has 106 valence electrons. The van der Waals surface area contributed by atoms with Gasteiger partial charge in [0.1, 0.15) is 5.69 Å². The molecule has 0 saturated heterocycles. The molecule has 0 radical (unpaired) electrons. The first-order chi connectivity index (χ1) is 9.19. The molecule has 1 rings (SSSR count). The van der Waals surface area contributed by atoms with E-state index in [1.165, 1.54) is 6.07 Å². The van der Waals surface area contributed by atoms with Crippen LogP contribution in [0, 0.1) is 10.1 Å². The van der Waals surface area contributed by atoms with Crippen LogP contribution in [-0.4, -0.2) is 31.8 Å². The molecule has 0 atom stereocenters. The molecule has 0 aliphatic carbocycles. The summed E-state index contributed by atoms with van der Waals surface area (Å²) in [5, 5.41) is 13.7. The third-order valence-corrected chi connectivity index (χ3v) is 2.52. The van der Waals surface area contributed by atoms with E-state index in [1.807, 2.05) is 13.0 Å². The highest BCUT2D eigenvalue weighted by molar-refractivity contribution is 5.62. The van der Waals surface area contributed by atoms with E-state index in [1.54, 1.807) is 13.1 Å². The number of benzene rings is 1. The molecule has 0 unspecified atom stereocenters. The first-order valence-corrected chi connectivity index (χ1v) is 6.29. The number of anilines is 1. The molecule has 0 aromatic heterocycles. The average Bonchev–Trinajstić information content (AvgIpc) is 2.42. The van der Waals surface area contributed by atoms with Crippen molar-refractivity contribution in [1.82, 2.24) is 0 Å². The van der Waals surface area contributed by atoms with Crippen LogP contribution in [-0.2, 0) is 16.1 Å². The summed E-state index contributed by atoms with van der Waals surface area (Å²) in [6.07, 6.45) is 0.984. The molecule has 6 heteroatoms. The summed E-state index contributed by atoms with van der Waals surface area (Å²) in [6, 6.07) is 5.02. The Balaban J connectivity index is 2.46. The first kappa shape index (κ1) is 15.4. The summed E-state index contributed by atoms with van der Waals surface area (Å²) in [7, 11) is 1.66. The van der Waals surface area contributed by atoms with E-state index in [-0.39, 0.29) is 5.69 Å². The Hall–Kier alpha value is -1.66. The van der Waals surface area contributed by atoms with Gasteiger partial charge >= 0.3 is 0 Å². The molecule has 1 aromatic carbocycles. The zero-order valence-electron chi connectivity index (χ0n) is 11.3. The summed E-state index contributed by atoms with van der Waals surface area (Å²) in [4.78, 5) is 10.5. The third-order valence-electron chi connectivity index (χ3n) is 2.52. The third kappa shape index (κ3) is 5.23. The second-order valence-electron chi connectivity index (χ2n) is 4.02. The minimum Gasteiger partial charge on any atom is -0.383 e. The van der Waals surface area contributed by atoms with Crippen molar-refractivity contribution in [3.8, 4) is 0 Å². The smallest absolute Gasteiger partial charge is 0.292 e. The molecule has 19 heavy (non-hydrogen) atoms. The van der Waals surface area contributed by atoms with E-state index in [0.717, 1.165) is 18.6 Å². The van der Waals surface area contributed by atoms with Crippen molar-refractivity contribution in [2.45, 2.75) is 20.0 Å². The number of nitro groups is 1. The van der Waals surface area contributed by atoms with E-state index < -0.39 is 4.92 Å². The molecule has 0 heterocycles. The Kier molecular flexibility index (Phi) is 6.84. The number of ether oxygens (including phenoxy) is 2. The molecule has 0 spiro atoms. The van der Waals surface area contributed by atoms with E-state index >= 15 is 0 Å². The highest BCUT2D eigenvalue weighted by atomic mass is 16.6. The Morgan fingerprint density at radius 2 is 2.00 bits per heavy atom. The van der Waals surface area contributed by atoms with Crippen LogP contribution in [0.4, 0.5) is 11.4 Å². The van der Waals surface area contributed by atoms with Gasteiger partial charge in [-0.2, -0.15) is 0 Å². The van der Waals surface area contributed by atoms with Crippen molar-refractivity contribution in [3.05, 3.63) is 33.9 Å². The number of hydrogen-bond acceptors (Lipinski definition) is 5. The maximum atomic E-state index is 10.9. The largest absolute Gasteiger partial charge is 0.383 e. The lowest BCUT2D eigenvalue weighted by atomic mass is 10.2. The molecule has 1 N–H and O–H groups in total. The van der Waals surface area contributed by atoms with Gasteiger partial charge in [-0.1, -0.05) is 13.0 Å². The Bertz CT molecular complexity index is 410. The lowest BCUT2D eigenvalue weighted by Crippen LogP contribution is -2.05. The van der Waals surface area contributed by atoms with Crippen molar-refractivity contribution in [2.24, 2.45) is 0 Å². The lowest BCUT2D eigenvalue weighted by molar-refractivity contribution is -0.384. The van der Waals surface area contributed by atoms with Gasteiger partial charge in [-0.15, -0.1) is 0 Å². The maximum absolute atomic E-state index is 10.9. The quantitative estimate of drug-likeness (QED) is 0.423. The van der Waals surface area contributed by atoms with Crippen LogP contribution >= 0.6 is 0 Å². The second kappa shape index (κ2) is 8.44. The molecule has 0 saturated carbocycles. The predicted molar refractivity (Wildman–Crippen MR) is 73.4 cm³/mol. The van der Waals surface area contributed by atoms with Crippen LogP contribution in [0.5, 0.6) is 0 Å². The predicted octanol–water partition coefficient (Wildman–Crippen LogP) is 2.58. The SMILES string of the molecule is CCCOCCOCc1ccc(NC)c([N+](=O)[O-])c1. The standard InChI is InChI=1S/C13H20N2O4/c1-3-6-18-7-8-19-10-11-4-5-12(14-2)13(9-11)15(16)17/h4-5,9,14H,3,6-8,10H2,1-2H3. The molecule has 0 fully saturated rings. The van der Waals surface area contributed by atoms with E-state index in [4.69, 9.17) is 9.47 Å². The van der Waals surface area contributed by atoms with Crippen molar-refractivity contribution >= 4 is 11.4 Å². The number of nitro benzene ring substituents is 1. The van der Waals surface area contributed by atoms with Gasteiger partial charge in [0.25, 0.3) is 5.69 Å². The molecular formula is C13H20N2O4. The van der Waals surface area contributed by atoms with Gasteiger partial charge < -0.3 is 14.8 Å². The molecule has 0 amide bonds. The van der Waals surface area contributed by atoms with Gasteiger partial charge in [0.2, 0.25) is 0 Å². The highest BCUT2D eigenvalue weighted by Crippen LogP contribution is 2.25. The van der Waals surface area contributed by atoms with Gasteiger partial charge in [-0.25, -0.2) is 0 Å². The minimum atomic E-state index is -0.403. The number of hydrogen-bond donors (Lipinski definition) is 1. The van der Waals surface area contributed by atoms with Gasteiger partial charge in [0.05, 0.1) is 24.7 Å². The number of nitrogens with zero attached hydrogens (tertiary/aromatic N) is 1. The van der Waals surface area contributed by atoms with E-state index in [9.17, 15) is 10.1 Å². The summed E-state index contributed by atoms with van der Waals surface area (Å²) in [5.41, 5.74) is 1.34. The maximum Gasteiger partial charge on any atom is 0.292 e. The fraction of sp³-hybridized carbons (Fsp3) is 0.538. The fourth-order valence-corrected chi connectivity index (χ4v) is 1.58. The fourth-order valence-electron chi connectivity index (χ4n) is 1.58. The molecule has 6 nitrogen and oxygen atoms in total. The van der Waals surface area contributed by atoms with Gasteiger partial charge in [-0.3, -0.25) is 10.1 Å². The Labute approximate surface area is 112 Å². The number of rotatable bonds is 9. The van der Waals surface area contributed by atoms with E-state index in [0.29, 0.717) is 25.5 Å². The van der Waals surface area contributed by atoms with E-state index in [2.05, 4.69) is 5.32 Å². The van der Waals surface area contributed by atoms with Crippen LogP contribution in [0.1, 0.15) is 18.9 Å². The molecular weight excluding hydrogens is 248 g/mol. The van der Waals surface area contributed by atoms with Crippen molar-refractivity contribution in [2.75, 3.05) is 32.2 Å². The number of nitrogens with one attached hydrogen (secondary N) is 1. The van der Waals surface area contributed by atoms with Gasteiger partial charge in [-0.05, 0) is 18.1 Å². The highest BCUT2D eigenvalue weighted by Gasteiger charge is 2.13.